The first-order valence-electron chi connectivity index (χ1n) is 7.89. The maximum Gasteiger partial charge on any atom is 0.342 e. The lowest BCUT2D eigenvalue weighted by molar-refractivity contribution is -0.179. The number of aromatic nitrogens is 1. The number of hydrogen-bond donors (Lipinski definition) is 2. The van der Waals surface area contributed by atoms with Gasteiger partial charge in [-0.3, -0.25) is 0 Å². The van der Waals surface area contributed by atoms with Crippen molar-refractivity contribution in [1.82, 2.24) is 4.98 Å². The molecule has 2 heterocycles. The van der Waals surface area contributed by atoms with Gasteiger partial charge in [0.15, 0.2) is 0 Å². The van der Waals surface area contributed by atoms with Gasteiger partial charge >= 0.3 is 5.97 Å². The molecule has 0 fully saturated rings. The topological polar surface area (TPSA) is 86.1 Å². The number of nitrogens with zero attached hydrogens (tertiary/aromatic N) is 1. The molecule has 2 aromatic rings. The number of H-pyrrole nitrogens is 1. The molecule has 2 N–H and O–H groups in total. The Labute approximate surface area is 134 Å². The largest absolute Gasteiger partial charge is 0.479 e. The second kappa shape index (κ2) is 5.39. The van der Waals surface area contributed by atoms with Crippen LogP contribution in [0.3, 0.4) is 0 Å². The van der Waals surface area contributed by atoms with Crippen LogP contribution in [-0.4, -0.2) is 22.7 Å². The van der Waals surface area contributed by atoms with Gasteiger partial charge in [0.2, 0.25) is 5.60 Å². The Morgan fingerprint density at radius 1 is 1.57 bits per heavy atom. The number of rotatable bonds is 3. The Morgan fingerprint density at radius 2 is 2.30 bits per heavy atom. The highest BCUT2D eigenvalue weighted by molar-refractivity contribution is 5.95. The van der Waals surface area contributed by atoms with Gasteiger partial charge in [0.1, 0.15) is 0 Å². The molecule has 0 bridgehead atoms. The number of nitriles is 1. The predicted octanol–water partition coefficient (Wildman–Crippen LogP) is 3.25. The van der Waals surface area contributed by atoms with Gasteiger partial charge in [0.25, 0.3) is 0 Å². The Balaban J connectivity index is 2.41. The summed E-state index contributed by atoms with van der Waals surface area (Å²) in [6.45, 7) is 6.15. The number of carbonyl (C=O) groups is 1. The van der Waals surface area contributed by atoms with E-state index in [9.17, 15) is 15.2 Å². The Kier molecular flexibility index (Phi) is 3.65. The van der Waals surface area contributed by atoms with Gasteiger partial charge in [-0.15, -0.1) is 0 Å². The van der Waals surface area contributed by atoms with Crippen LogP contribution in [0.2, 0.25) is 0 Å². The third kappa shape index (κ3) is 1.98. The summed E-state index contributed by atoms with van der Waals surface area (Å²) in [7, 11) is 0. The molecule has 0 aliphatic carbocycles. The SMILES string of the molecule is CCC(C)[C@@]1(C(=O)O)OCCc2c1[nH]c1c(C)ccc(C#N)c21. The van der Waals surface area contributed by atoms with Crippen LogP contribution in [0.25, 0.3) is 10.9 Å². The number of aliphatic carboxylic acids is 1. The van der Waals surface area contributed by atoms with Crippen LogP contribution in [0.15, 0.2) is 12.1 Å². The van der Waals surface area contributed by atoms with E-state index in [-0.39, 0.29) is 5.92 Å². The van der Waals surface area contributed by atoms with Gasteiger partial charge in [0.05, 0.1) is 29.5 Å². The van der Waals surface area contributed by atoms with Crippen LogP contribution >= 0.6 is 0 Å². The van der Waals surface area contributed by atoms with E-state index in [0.717, 1.165) is 22.0 Å². The fourth-order valence-corrected chi connectivity index (χ4v) is 3.61. The van der Waals surface area contributed by atoms with Gasteiger partial charge < -0.3 is 14.8 Å². The molecule has 5 heteroatoms. The minimum Gasteiger partial charge on any atom is -0.479 e. The van der Waals surface area contributed by atoms with E-state index < -0.39 is 11.6 Å². The van der Waals surface area contributed by atoms with Crippen LogP contribution in [-0.2, 0) is 21.6 Å². The smallest absolute Gasteiger partial charge is 0.342 e. The van der Waals surface area contributed by atoms with Crippen LogP contribution in [0.4, 0.5) is 0 Å². The molecule has 0 saturated heterocycles. The molecule has 5 nitrogen and oxygen atoms in total. The van der Waals surface area contributed by atoms with Gasteiger partial charge in [-0.25, -0.2) is 4.79 Å². The highest BCUT2D eigenvalue weighted by Crippen LogP contribution is 2.44. The molecule has 0 saturated carbocycles. The van der Waals surface area contributed by atoms with Crippen molar-refractivity contribution in [2.45, 2.75) is 39.2 Å². The molecular formula is C18H20N2O3. The summed E-state index contributed by atoms with van der Waals surface area (Å²) in [5.74, 6) is -1.16. The number of nitrogens with one attached hydrogen (secondary N) is 1. The number of aromatic amines is 1. The standard InChI is InChI=1S/C18H20N2O3/c1-4-11(3)18(17(21)22)16-13(7-8-23-18)14-12(9-19)6-5-10(2)15(14)20-16/h5-6,11,20H,4,7-8H2,1-3H3,(H,21,22)/t11?,18-/m1/s1. The minimum atomic E-state index is -1.37. The summed E-state index contributed by atoms with van der Waals surface area (Å²) in [5, 5.41) is 20.2. The van der Waals surface area contributed by atoms with E-state index >= 15 is 0 Å². The second-order valence-corrected chi connectivity index (χ2v) is 6.22. The molecule has 0 spiro atoms. The van der Waals surface area contributed by atoms with E-state index in [4.69, 9.17) is 4.74 Å². The van der Waals surface area contributed by atoms with Crippen molar-refractivity contribution in [3.63, 3.8) is 0 Å². The van der Waals surface area contributed by atoms with Gasteiger partial charge in [0, 0.05) is 11.3 Å². The van der Waals surface area contributed by atoms with E-state index in [0.29, 0.717) is 30.7 Å². The molecule has 23 heavy (non-hydrogen) atoms. The summed E-state index contributed by atoms with van der Waals surface area (Å²) < 4.78 is 5.84. The van der Waals surface area contributed by atoms with Crippen molar-refractivity contribution in [2.75, 3.05) is 6.61 Å². The van der Waals surface area contributed by atoms with Crippen LogP contribution in [0, 0.1) is 24.2 Å². The first kappa shape index (κ1) is 15.6. The Hall–Kier alpha value is -2.32. The molecule has 1 aromatic heterocycles. The lowest BCUT2D eigenvalue weighted by Crippen LogP contribution is -2.48. The molecule has 1 aliphatic rings. The summed E-state index contributed by atoms with van der Waals surface area (Å²) in [5.41, 5.74) is 2.56. The Morgan fingerprint density at radius 3 is 2.91 bits per heavy atom. The average molecular weight is 312 g/mol. The zero-order valence-corrected chi connectivity index (χ0v) is 13.6. The van der Waals surface area contributed by atoms with Gasteiger partial charge in [-0.2, -0.15) is 5.26 Å². The maximum absolute atomic E-state index is 12.1. The van der Waals surface area contributed by atoms with Crippen molar-refractivity contribution >= 4 is 16.9 Å². The first-order valence-corrected chi connectivity index (χ1v) is 7.89. The fourth-order valence-electron chi connectivity index (χ4n) is 3.61. The number of ether oxygens (including phenoxy) is 1. The normalized spacial score (nSPS) is 21.7. The minimum absolute atomic E-state index is 0.182. The lowest BCUT2D eigenvalue weighted by Gasteiger charge is -2.38. The van der Waals surface area contributed by atoms with Crippen LogP contribution in [0.1, 0.15) is 42.7 Å². The zero-order chi connectivity index (χ0) is 16.8. The molecule has 2 atom stereocenters. The summed E-state index contributed by atoms with van der Waals surface area (Å²) in [6.07, 6.45) is 1.30. The number of carboxylic acids is 1. The molecular weight excluding hydrogens is 292 g/mol. The van der Waals surface area contributed by atoms with Crippen LogP contribution in [0.5, 0.6) is 0 Å². The van der Waals surface area contributed by atoms with E-state index in [1.54, 1.807) is 6.07 Å². The highest BCUT2D eigenvalue weighted by atomic mass is 16.5. The molecule has 0 radical (unpaired) electrons. The van der Waals surface area contributed by atoms with Crippen molar-refractivity contribution in [3.8, 4) is 6.07 Å². The number of benzene rings is 1. The number of aryl methyl sites for hydroxylation is 1. The molecule has 120 valence electrons. The molecule has 1 aromatic carbocycles. The maximum atomic E-state index is 12.1. The average Bonchev–Trinajstić information content (AvgIpc) is 2.95. The number of fused-ring (bicyclic) bond motifs is 3. The fraction of sp³-hybridized carbons (Fsp3) is 0.444. The predicted molar refractivity (Wildman–Crippen MR) is 86.2 cm³/mol. The van der Waals surface area contributed by atoms with E-state index in [2.05, 4.69) is 11.1 Å². The molecule has 1 unspecified atom stereocenters. The second-order valence-electron chi connectivity index (χ2n) is 6.22. The van der Waals surface area contributed by atoms with E-state index in [1.165, 1.54) is 0 Å². The van der Waals surface area contributed by atoms with Gasteiger partial charge in [-0.05, 0) is 37.0 Å². The monoisotopic (exact) mass is 312 g/mol. The van der Waals surface area contributed by atoms with Gasteiger partial charge in [-0.1, -0.05) is 19.9 Å². The first-order chi connectivity index (χ1) is 11.0. The molecule has 3 rings (SSSR count). The van der Waals surface area contributed by atoms with Crippen molar-refractivity contribution in [3.05, 3.63) is 34.5 Å². The Bertz CT molecular complexity index is 831. The zero-order valence-electron chi connectivity index (χ0n) is 13.6. The summed E-state index contributed by atoms with van der Waals surface area (Å²) >= 11 is 0. The molecule has 1 aliphatic heterocycles. The third-order valence-electron chi connectivity index (χ3n) is 5.06. The quantitative estimate of drug-likeness (QED) is 0.911. The summed E-state index contributed by atoms with van der Waals surface area (Å²) in [6, 6.07) is 5.91. The number of carboxylic acid groups (broad SMARTS) is 1. The number of hydrogen-bond acceptors (Lipinski definition) is 3. The van der Waals surface area contributed by atoms with Crippen molar-refractivity contribution in [1.29, 1.82) is 5.26 Å². The lowest BCUT2D eigenvalue weighted by atomic mass is 9.79. The molecule has 0 amide bonds. The third-order valence-corrected chi connectivity index (χ3v) is 5.06. The summed E-state index contributed by atoms with van der Waals surface area (Å²) in [4.78, 5) is 15.4. The van der Waals surface area contributed by atoms with Crippen molar-refractivity contribution in [2.24, 2.45) is 5.92 Å². The highest BCUT2D eigenvalue weighted by Gasteiger charge is 2.51. The van der Waals surface area contributed by atoms with Crippen LogP contribution < -0.4 is 0 Å². The van der Waals surface area contributed by atoms with E-state index in [1.807, 2.05) is 26.8 Å². The van der Waals surface area contributed by atoms with Crippen molar-refractivity contribution < 1.29 is 14.6 Å².